The largest absolute Gasteiger partial charge is 0.480 e. The Kier molecular flexibility index (Phi) is 3.80. The molecule has 0 saturated heterocycles. The third-order valence-electron chi connectivity index (χ3n) is 1.54. The van der Waals surface area contributed by atoms with Crippen molar-refractivity contribution in [2.24, 2.45) is 0 Å². The summed E-state index contributed by atoms with van der Waals surface area (Å²) in [4.78, 5) is 10.5. The molecule has 8 heteroatoms. The fourth-order valence-corrected chi connectivity index (χ4v) is 3.02. The first-order valence-electron chi connectivity index (χ1n) is 3.87. The summed E-state index contributed by atoms with van der Waals surface area (Å²) in [5.74, 6) is -1.42. The van der Waals surface area contributed by atoms with Gasteiger partial charge in [-0.3, -0.25) is 4.79 Å². The third kappa shape index (κ3) is 2.99. The van der Waals surface area contributed by atoms with E-state index in [2.05, 4.69) is 0 Å². The highest BCUT2D eigenvalue weighted by Crippen LogP contribution is 2.15. The predicted octanol–water partition coefficient (Wildman–Crippen LogP) is -0.528. The van der Waals surface area contributed by atoms with Gasteiger partial charge >= 0.3 is 5.97 Å². The number of carboxylic acids is 1. The second kappa shape index (κ2) is 4.71. The summed E-state index contributed by atoms with van der Waals surface area (Å²) in [6.07, 6.45) is 0. The normalized spacial score (nSPS) is 13.7. The number of rotatable bonds is 5. The fourth-order valence-electron chi connectivity index (χ4n) is 0.828. The SMILES string of the molecule is O=C(O)[C@H](CO)NS(=O)(=O)c1cccs1. The number of carboxylic acid groups (broad SMARTS) is 1. The van der Waals surface area contributed by atoms with Crippen LogP contribution in [0, 0.1) is 0 Å². The number of hydrogen-bond donors (Lipinski definition) is 3. The van der Waals surface area contributed by atoms with E-state index in [1.165, 1.54) is 12.1 Å². The van der Waals surface area contributed by atoms with Crippen molar-refractivity contribution < 1.29 is 23.4 Å². The van der Waals surface area contributed by atoms with Crippen LogP contribution in [-0.2, 0) is 14.8 Å². The Hall–Kier alpha value is -0.960. The van der Waals surface area contributed by atoms with Crippen LogP contribution in [0.3, 0.4) is 0 Å². The molecule has 0 fully saturated rings. The molecule has 0 spiro atoms. The van der Waals surface area contributed by atoms with Gasteiger partial charge in [-0.15, -0.1) is 11.3 Å². The van der Waals surface area contributed by atoms with Crippen LogP contribution in [0.1, 0.15) is 0 Å². The summed E-state index contributed by atoms with van der Waals surface area (Å²) in [5.41, 5.74) is 0. The smallest absolute Gasteiger partial charge is 0.324 e. The van der Waals surface area contributed by atoms with Gasteiger partial charge < -0.3 is 10.2 Å². The van der Waals surface area contributed by atoms with Gasteiger partial charge in [0.15, 0.2) is 0 Å². The quantitative estimate of drug-likeness (QED) is 0.652. The van der Waals surface area contributed by atoms with E-state index in [0.29, 0.717) is 0 Å². The lowest BCUT2D eigenvalue weighted by Gasteiger charge is -2.10. The van der Waals surface area contributed by atoms with Crippen molar-refractivity contribution in [2.45, 2.75) is 10.3 Å². The summed E-state index contributed by atoms with van der Waals surface area (Å²) in [6, 6.07) is 1.37. The first-order chi connectivity index (χ1) is 6.97. The predicted molar refractivity (Wildman–Crippen MR) is 53.2 cm³/mol. The zero-order valence-electron chi connectivity index (χ0n) is 7.45. The highest BCUT2D eigenvalue weighted by Gasteiger charge is 2.24. The maximum Gasteiger partial charge on any atom is 0.324 e. The summed E-state index contributed by atoms with van der Waals surface area (Å²) < 4.78 is 24.9. The lowest BCUT2D eigenvalue weighted by molar-refractivity contribution is -0.139. The summed E-state index contributed by atoms with van der Waals surface area (Å²) in [6.45, 7) is -0.792. The van der Waals surface area contributed by atoms with E-state index in [1.54, 1.807) is 5.38 Å². The van der Waals surface area contributed by atoms with Gasteiger partial charge in [-0.1, -0.05) is 6.07 Å². The van der Waals surface area contributed by atoms with E-state index in [4.69, 9.17) is 10.2 Å². The molecule has 0 radical (unpaired) electrons. The van der Waals surface area contributed by atoms with Crippen LogP contribution < -0.4 is 4.72 Å². The topological polar surface area (TPSA) is 104 Å². The summed E-state index contributed by atoms with van der Waals surface area (Å²) >= 11 is 0.969. The van der Waals surface area contributed by atoms with Crippen molar-refractivity contribution in [3.8, 4) is 0 Å². The molecular formula is C7H9NO5S2. The molecule has 0 saturated carbocycles. The average Bonchev–Trinajstić information content (AvgIpc) is 2.67. The first kappa shape index (κ1) is 12.1. The van der Waals surface area contributed by atoms with E-state index in [9.17, 15) is 13.2 Å². The van der Waals surface area contributed by atoms with Crippen molar-refractivity contribution in [1.82, 2.24) is 4.72 Å². The molecule has 1 aromatic rings. The Morgan fingerprint density at radius 2 is 2.27 bits per heavy atom. The highest BCUT2D eigenvalue weighted by atomic mass is 32.2. The minimum atomic E-state index is -3.85. The third-order valence-corrected chi connectivity index (χ3v) is 4.41. The van der Waals surface area contributed by atoms with Crippen LogP contribution in [0.15, 0.2) is 21.7 Å². The number of aliphatic carboxylic acids is 1. The molecule has 0 unspecified atom stereocenters. The van der Waals surface area contributed by atoms with Crippen LogP contribution in [0.25, 0.3) is 0 Å². The lowest BCUT2D eigenvalue weighted by atomic mass is 10.3. The molecule has 0 aliphatic carbocycles. The molecule has 0 aliphatic heterocycles. The number of thiophene rings is 1. The van der Waals surface area contributed by atoms with Gasteiger partial charge in [-0.25, -0.2) is 8.42 Å². The number of aliphatic hydroxyl groups excluding tert-OH is 1. The molecule has 0 amide bonds. The number of aliphatic hydroxyl groups is 1. The zero-order chi connectivity index (χ0) is 11.5. The Morgan fingerprint density at radius 1 is 1.60 bits per heavy atom. The Morgan fingerprint density at radius 3 is 2.67 bits per heavy atom. The fraction of sp³-hybridized carbons (Fsp3) is 0.286. The monoisotopic (exact) mass is 251 g/mol. The van der Waals surface area contributed by atoms with Gasteiger partial charge in [0.25, 0.3) is 10.0 Å². The molecule has 0 bridgehead atoms. The van der Waals surface area contributed by atoms with Gasteiger partial charge in [-0.05, 0) is 11.4 Å². The molecule has 15 heavy (non-hydrogen) atoms. The number of nitrogens with one attached hydrogen (secondary N) is 1. The standard InChI is InChI=1S/C7H9NO5S2/c9-4-5(7(10)11)8-15(12,13)6-2-1-3-14-6/h1-3,5,8-9H,4H2,(H,10,11)/t5-/m0/s1. The Labute approximate surface area is 90.2 Å². The zero-order valence-corrected chi connectivity index (χ0v) is 9.09. The van der Waals surface area contributed by atoms with Crippen LogP contribution >= 0.6 is 11.3 Å². The lowest BCUT2D eigenvalue weighted by Crippen LogP contribution is -2.42. The number of carbonyl (C=O) groups is 1. The summed E-state index contributed by atoms with van der Waals surface area (Å²) in [7, 11) is -3.85. The van der Waals surface area contributed by atoms with E-state index in [-0.39, 0.29) is 4.21 Å². The van der Waals surface area contributed by atoms with Crippen LogP contribution in [0.4, 0.5) is 0 Å². The van der Waals surface area contributed by atoms with Crippen LogP contribution in [-0.4, -0.2) is 37.2 Å². The molecule has 1 atom stereocenters. The first-order valence-corrected chi connectivity index (χ1v) is 6.23. The van der Waals surface area contributed by atoms with E-state index in [1.807, 2.05) is 4.72 Å². The molecule has 0 aliphatic rings. The highest BCUT2D eigenvalue weighted by molar-refractivity contribution is 7.91. The van der Waals surface area contributed by atoms with Crippen LogP contribution in [0.5, 0.6) is 0 Å². The number of hydrogen-bond acceptors (Lipinski definition) is 5. The number of sulfonamides is 1. The minimum Gasteiger partial charge on any atom is -0.480 e. The van der Waals surface area contributed by atoms with Gasteiger partial charge in [0.1, 0.15) is 10.3 Å². The molecule has 0 aromatic carbocycles. The van der Waals surface area contributed by atoms with E-state index >= 15 is 0 Å². The minimum absolute atomic E-state index is 0.0159. The van der Waals surface area contributed by atoms with Gasteiger partial charge in [0.2, 0.25) is 0 Å². The van der Waals surface area contributed by atoms with Crippen molar-refractivity contribution in [1.29, 1.82) is 0 Å². The van der Waals surface area contributed by atoms with Gasteiger partial charge in [0.05, 0.1) is 6.61 Å². The summed E-state index contributed by atoms with van der Waals surface area (Å²) in [5, 5.41) is 18.8. The maximum absolute atomic E-state index is 11.5. The average molecular weight is 251 g/mol. The van der Waals surface area contributed by atoms with Gasteiger partial charge in [0, 0.05) is 0 Å². The Balaban J connectivity index is 2.86. The van der Waals surface area contributed by atoms with Crippen molar-refractivity contribution >= 4 is 27.3 Å². The molecule has 84 valence electrons. The molecule has 1 aromatic heterocycles. The van der Waals surface area contributed by atoms with Crippen LogP contribution in [0.2, 0.25) is 0 Å². The van der Waals surface area contributed by atoms with E-state index in [0.717, 1.165) is 11.3 Å². The van der Waals surface area contributed by atoms with E-state index < -0.39 is 28.6 Å². The van der Waals surface area contributed by atoms with Crippen molar-refractivity contribution in [3.05, 3.63) is 17.5 Å². The van der Waals surface area contributed by atoms with Gasteiger partial charge in [-0.2, -0.15) is 4.72 Å². The molecule has 6 nitrogen and oxygen atoms in total. The molecular weight excluding hydrogens is 242 g/mol. The molecule has 1 rings (SSSR count). The maximum atomic E-state index is 11.5. The molecule has 3 N–H and O–H groups in total. The second-order valence-corrected chi connectivity index (χ2v) is 5.52. The molecule has 1 heterocycles. The second-order valence-electron chi connectivity index (χ2n) is 2.63. The Bertz CT molecular complexity index is 424. The van der Waals surface area contributed by atoms with Crippen molar-refractivity contribution in [2.75, 3.05) is 6.61 Å². The van der Waals surface area contributed by atoms with Crippen molar-refractivity contribution in [3.63, 3.8) is 0 Å².